The van der Waals surface area contributed by atoms with Crippen LogP contribution in [0.4, 0.5) is 0 Å². The van der Waals surface area contributed by atoms with Crippen LogP contribution in [0.25, 0.3) is 0 Å². The summed E-state index contributed by atoms with van der Waals surface area (Å²) in [7, 11) is 0. The van der Waals surface area contributed by atoms with Crippen molar-refractivity contribution in [2.24, 2.45) is 0 Å². The fourth-order valence-corrected chi connectivity index (χ4v) is 1.95. The fourth-order valence-electron chi connectivity index (χ4n) is 1.95. The molecular formula is C17H18O2. The second-order valence-corrected chi connectivity index (χ2v) is 4.98. The van der Waals surface area contributed by atoms with Crippen molar-refractivity contribution in [2.45, 2.75) is 26.7 Å². The fraction of sp³-hybridized carbons (Fsp3) is 0.235. The first-order valence-corrected chi connectivity index (χ1v) is 6.44. The molecule has 2 aromatic rings. The van der Waals surface area contributed by atoms with Gasteiger partial charge in [0, 0.05) is 5.56 Å². The highest BCUT2D eigenvalue weighted by atomic mass is 16.5. The van der Waals surface area contributed by atoms with Crippen LogP contribution in [0.2, 0.25) is 0 Å². The lowest BCUT2D eigenvalue weighted by Crippen LogP contribution is -1.94. The van der Waals surface area contributed by atoms with Gasteiger partial charge in [-0.1, -0.05) is 26.0 Å². The van der Waals surface area contributed by atoms with E-state index < -0.39 is 0 Å². The van der Waals surface area contributed by atoms with Gasteiger partial charge < -0.3 is 4.74 Å². The summed E-state index contributed by atoms with van der Waals surface area (Å²) in [6, 6.07) is 13.4. The van der Waals surface area contributed by atoms with Gasteiger partial charge in [-0.3, -0.25) is 4.79 Å². The molecule has 0 aromatic heterocycles. The lowest BCUT2D eigenvalue weighted by Gasteiger charge is -2.14. The Labute approximate surface area is 114 Å². The molecule has 0 aliphatic rings. The first-order valence-electron chi connectivity index (χ1n) is 6.44. The minimum absolute atomic E-state index is 0.407. The van der Waals surface area contributed by atoms with Gasteiger partial charge in [-0.2, -0.15) is 0 Å². The highest BCUT2D eigenvalue weighted by molar-refractivity contribution is 5.74. The molecule has 0 bridgehead atoms. The first kappa shape index (κ1) is 13.3. The zero-order valence-corrected chi connectivity index (χ0v) is 11.5. The summed E-state index contributed by atoms with van der Waals surface area (Å²) in [5.41, 5.74) is 3.01. The van der Waals surface area contributed by atoms with Crippen molar-refractivity contribution in [1.29, 1.82) is 0 Å². The summed E-state index contributed by atoms with van der Waals surface area (Å²) in [5.74, 6) is 2.04. The van der Waals surface area contributed by atoms with Crippen LogP contribution < -0.4 is 4.74 Å². The Morgan fingerprint density at radius 1 is 1.05 bits per heavy atom. The first-order chi connectivity index (χ1) is 9.10. The highest BCUT2D eigenvalue weighted by Crippen LogP contribution is 2.31. The quantitative estimate of drug-likeness (QED) is 0.738. The van der Waals surface area contributed by atoms with Crippen molar-refractivity contribution in [1.82, 2.24) is 0 Å². The average molecular weight is 254 g/mol. The van der Waals surface area contributed by atoms with Crippen LogP contribution in [0.3, 0.4) is 0 Å². The van der Waals surface area contributed by atoms with E-state index in [2.05, 4.69) is 26.0 Å². The minimum atomic E-state index is 0.407. The molecule has 0 aliphatic heterocycles. The van der Waals surface area contributed by atoms with Gasteiger partial charge in [0.25, 0.3) is 0 Å². The molecule has 0 radical (unpaired) electrons. The molecular weight excluding hydrogens is 236 g/mol. The van der Waals surface area contributed by atoms with E-state index in [1.807, 2.05) is 25.1 Å². The molecule has 0 saturated carbocycles. The molecule has 0 saturated heterocycles. The summed E-state index contributed by atoms with van der Waals surface area (Å²) >= 11 is 0. The number of benzene rings is 2. The van der Waals surface area contributed by atoms with Crippen molar-refractivity contribution in [3.8, 4) is 11.5 Å². The molecule has 0 unspecified atom stereocenters. The number of aryl methyl sites for hydroxylation is 1. The number of ether oxygens (including phenoxy) is 1. The Morgan fingerprint density at radius 2 is 1.74 bits per heavy atom. The molecule has 2 rings (SSSR count). The number of hydrogen-bond donors (Lipinski definition) is 0. The Morgan fingerprint density at radius 3 is 2.32 bits per heavy atom. The zero-order valence-electron chi connectivity index (χ0n) is 11.5. The molecule has 19 heavy (non-hydrogen) atoms. The second kappa shape index (κ2) is 5.70. The average Bonchev–Trinajstić information content (AvgIpc) is 2.39. The molecule has 2 nitrogen and oxygen atoms in total. The van der Waals surface area contributed by atoms with Crippen LogP contribution in [-0.4, -0.2) is 6.29 Å². The standard InChI is InChI=1S/C17H18O2/c1-12(2)16-9-4-13(3)10-17(16)19-15-7-5-14(11-18)6-8-15/h4-12H,1-3H3. The Hall–Kier alpha value is -2.09. The van der Waals surface area contributed by atoms with Gasteiger partial charge in [0.2, 0.25) is 0 Å². The van der Waals surface area contributed by atoms with E-state index in [-0.39, 0.29) is 0 Å². The molecule has 0 spiro atoms. The van der Waals surface area contributed by atoms with Gasteiger partial charge in [-0.05, 0) is 54.3 Å². The normalized spacial score (nSPS) is 10.5. The van der Waals surface area contributed by atoms with Crippen LogP contribution in [0.15, 0.2) is 42.5 Å². The smallest absolute Gasteiger partial charge is 0.150 e. The van der Waals surface area contributed by atoms with E-state index in [0.717, 1.165) is 17.8 Å². The summed E-state index contributed by atoms with van der Waals surface area (Å²) in [6.07, 6.45) is 0.829. The van der Waals surface area contributed by atoms with Gasteiger partial charge >= 0.3 is 0 Å². The summed E-state index contributed by atoms with van der Waals surface area (Å²) in [4.78, 5) is 10.6. The molecule has 0 atom stereocenters. The van der Waals surface area contributed by atoms with Gasteiger partial charge in [0.15, 0.2) is 0 Å². The van der Waals surface area contributed by atoms with Crippen molar-refractivity contribution < 1.29 is 9.53 Å². The van der Waals surface area contributed by atoms with Crippen LogP contribution in [0, 0.1) is 6.92 Å². The van der Waals surface area contributed by atoms with Crippen LogP contribution in [0.5, 0.6) is 11.5 Å². The van der Waals surface area contributed by atoms with Crippen molar-refractivity contribution in [2.75, 3.05) is 0 Å². The molecule has 98 valence electrons. The predicted molar refractivity (Wildman–Crippen MR) is 77.2 cm³/mol. The van der Waals surface area contributed by atoms with Gasteiger partial charge in [0.05, 0.1) is 0 Å². The van der Waals surface area contributed by atoms with Gasteiger partial charge in [-0.15, -0.1) is 0 Å². The van der Waals surface area contributed by atoms with Crippen molar-refractivity contribution >= 4 is 6.29 Å². The van der Waals surface area contributed by atoms with Gasteiger partial charge in [0.1, 0.15) is 17.8 Å². The highest BCUT2D eigenvalue weighted by Gasteiger charge is 2.09. The molecule has 0 aliphatic carbocycles. The Kier molecular flexibility index (Phi) is 4.00. The summed E-state index contributed by atoms with van der Waals surface area (Å²) in [6.45, 7) is 6.34. The molecule has 0 N–H and O–H groups in total. The molecule has 0 amide bonds. The molecule has 0 fully saturated rings. The number of aldehydes is 1. The maximum absolute atomic E-state index is 10.6. The molecule has 0 heterocycles. The van der Waals surface area contributed by atoms with Crippen molar-refractivity contribution in [3.05, 3.63) is 59.2 Å². The van der Waals surface area contributed by atoms with Crippen LogP contribution in [0.1, 0.15) is 41.3 Å². The van der Waals surface area contributed by atoms with E-state index in [1.54, 1.807) is 12.1 Å². The number of rotatable bonds is 4. The third-order valence-corrected chi connectivity index (χ3v) is 3.04. The van der Waals surface area contributed by atoms with E-state index >= 15 is 0 Å². The van der Waals surface area contributed by atoms with Crippen LogP contribution >= 0.6 is 0 Å². The monoisotopic (exact) mass is 254 g/mol. The van der Waals surface area contributed by atoms with Crippen LogP contribution in [-0.2, 0) is 0 Å². The summed E-state index contributed by atoms with van der Waals surface area (Å²) in [5, 5.41) is 0. The molecule has 2 aromatic carbocycles. The maximum atomic E-state index is 10.6. The van der Waals surface area contributed by atoms with E-state index in [9.17, 15) is 4.79 Å². The maximum Gasteiger partial charge on any atom is 0.150 e. The van der Waals surface area contributed by atoms with Crippen molar-refractivity contribution in [3.63, 3.8) is 0 Å². The number of carbonyl (C=O) groups excluding carboxylic acids is 1. The molecule has 2 heteroatoms. The zero-order chi connectivity index (χ0) is 13.8. The number of carbonyl (C=O) groups is 1. The topological polar surface area (TPSA) is 26.3 Å². The van der Waals surface area contributed by atoms with E-state index in [0.29, 0.717) is 11.5 Å². The largest absolute Gasteiger partial charge is 0.457 e. The van der Waals surface area contributed by atoms with Gasteiger partial charge in [-0.25, -0.2) is 0 Å². The number of hydrogen-bond acceptors (Lipinski definition) is 2. The second-order valence-electron chi connectivity index (χ2n) is 4.98. The van der Waals surface area contributed by atoms with E-state index in [1.165, 1.54) is 11.1 Å². The Bertz CT molecular complexity index is 568. The predicted octanol–water partition coefficient (Wildman–Crippen LogP) is 4.72. The SMILES string of the molecule is Cc1ccc(C(C)C)c(Oc2ccc(C=O)cc2)c1. The lowest BCUT2D eigenvalue weighted by atomic mass is 10.0. The lowest BCUT2D eigenvalue weighted by molar-refractivity contribution is 0.112. The third-order valence-electron chi connectivity index (χ3n) is 3.04. The minimum Gasteiger partial charge on any atom is -0.457 e. The Balaban J connectivity index is 2.30. The third kappa shape index (κ3) is 3.22. The summed E-state index contributed by atoms with van der Waals surface area (Å²) < 4.78 is 5.94. The van der Waals surface area contributed by atoms with E-state index in [4.69, 9.17) is 4.74 Å².